The fraction of sp³-hybridized carbons (Fsp3) is 0.0492. The van der Waals surface area contributed by atoms with Crippen LogP contribution in [-0.2, 0) is 5.41 Å². The summed E-state index contributed by atoms with van der Waals surface area (Å²) >= 11 is 0. The monoisotopic (exact) mass is 804 g/mol. The second-order valence-corrected chi connectivity index (χ2v) is 17.3. The first-order valence-electron chi connectivity index (χ1n) is 21.9. The van der Waals surface area contributed by atoms with Gasteiger partial charge in [0.2, 0.25) is 0 Å². The van der Waals surface area contributed by atoms with E-state index in [0.717, 1.165) is 22.7 Å². The van der Waals surface area contributed by atoms with Crippen LogP contribution in [0.5, 0.6) is 0 Å². The van der Waals surface area contributed by atoms with Gasteiger partial charge in [0, 0.05) is 38.8 Å². The van der Waals surface area contributed by atoms with Gasteiger partial charge >= 0.3 is 0 Å². The normalized spacial score (nSPS) is 12.7. The molecule has 12 rings (SSSR count). The molecule has 0 radical (unpaired) electrons. The van der Waals surface area contributed by atoms with E-state index in [1.54, 1.807) is 0 Å². The summed E-state index contributed by atoms with van der Waals surface area (Å²) in [6, 6.07) is 84.6. The number of nitrogens with zero attached hydrogens (tertiary/aromatic N) is 2. The van der Waals surface area contributed by atoms with Crippen LogP contribution in [0.2, 0.25) is 0 Å². The van der Waals surface area contributed by atoms with Crippen LogP contribution in [0.25, 0.3) is 82.8 Å². The van der Waals surface area contributed by atoms with E-state index in [2.05, 4.69) is 254 Å². The number of anilines is 3. The summed E-state index contributed by atoms with van der Waals surface area (Å²) in [6.45, 7) is 4.73. The summed E-state index contributed by atoms with van der Waals surface area (Å²) in [5.41, 5.74) is 19.3. The summed E-state index contributed by atoms with van der Waals surface area (Å²) in [7, 11) is 0. The smallest absolute Gasteiger partial charge is 0.0547 e. The summed E-state index contributed by atoms with van der Waals surface area (Å²) < 4.78 is 2.48. The molecule has 0 aliphatic heterocycles. The molecule has 2 nitrogen and oxygen atoms in total. The van der Waals surface area contributed by atoms with Crippen LogP contribution in [0.4, 0.5) is 17.1 Å². The second kappa shape index (κ2) is 14.6. The number of para-hydroxylation sites is 1. The molecule has 63 heavy (non-hydrogen) atoms. The summed E-state index contributed by atoms with van der Waals surface area (Å²) in [4.78, 5) is 2.47. The van der Waals surface area contributed by atoms with Crippen LogP contribution in [0.3, 0.4) is 0 Å². The molecule has 0 spiro atoms. The molecule has 0 bridgehead atoms. The Morgan fingerprint density at radius 3 is 1.78 bits per heavy atom. The third-order valence-electron chi connectivity index (χ3n) is 13.4. The Labute approximate surface area is 368 Å². The van der Waals surface area contributed by atoms with Gasteiger partial charge in [-0.2, -0.15) is 0 Å². The molecule has 1 aliphatic rings. The van der Waals surface area contributed by atoms with Crippen molar-refractivity contribution in [3.05, 3.63) is 242 Å². The zero-order valence-electron chi connectivity index (χ0n) is 35.3. The third kappa shape index (κ3) is 5.94. The molecule has 11 aromatic rings. The van der Waals surface area contributed by atoms with Crippen LogP contribution < -0.4 is 4.90 Å². The maximum Gasteiger partial charge on any atom is 0.0547 e. The first-order valence-corrected chi connectivity index (χ1v) is 21.9. The van der Waals surface area contributed by atoms with Crippen molar-refractivity contribution in [2.75, 3.05) is 4.90 Å². The predicted molar refractivity (Wildman–Crippen MR) is 267 cm³/mol. The van der Waals surface area contributed by atoms with Gasteiger partial charge in [0.25, 0.3) is 0 Å². The maximum absolute atomic E-state index is 2.48. The number of fused-ring (bicyclic) bond motifs is 8. The van der Waals surface area contributed by atoms with Crippen molar-refractivity contribution in [1.29, 1.82) is 0 Å². The molecule has 0 unspecified atom stereocenters. The molecule has 1 aliphatic carbocycles. The summed E-state index contributed by atoms with van der Waals surface area (Å²) in [5, 5.41) is 5.01. The van der Waals surface area contributed by atoms with E-state index in [1.165, 1.54) is 88.2 Å². The van der Waals surface area contributed by atoms with Crippen molar-refractivity contribution < 1.29 is 0 Å². The van der Waals surface area contributed by atoms with Gasteiger partial charge in [-0.05, 0) is 109 Å². The molecule has 0 fully saturated rings. The van der Waals surface area contributed by atoms with Crippen molar-refractivity contribution in [2.45, 2.75) is 19.3 Å². The van der Waals surface area contributed by atoms with Crippen LogP contribution in [0, 0.1) is 0 Å². The standard InChI is InChI=1S/C61H44N2/c1-61(2)54-28-13-11-26-52(54)53-37-36-48(40-55(53)61)62(56-29-14-12-24-49(56)43-19-7-4-8-20-43)46-22-15-23-47(39-46)63-57-30-16-27-51(45-33-31-42(32-34-45)41-17-5-3-6-18-41)59(57)60-50-25-10-9-21-44(50)35-38-58(60)63/h3-40H,1-2H3. The lowest BCUT2D eigenvalue weighted by atomic mass is 9.82. The third-order valence-corrected chi connectivity index (χ3v) is 13.4. The minimum Gasteiger partial charge on any atom is -0.310 e. The average molecular weight is 805 g/mol. The minimum absolute atomic E-state index is 0.139. The van der Waals surface area contributed by atoms with Gasteiger partial charge in [0.05, 0.1) is 16.7 Å². The van der Waals surface area contributed by atoms with Gasteiger partial charge in [0.1, 0.15) is 0 Å². The van der Waals surface area contributed by atoms with Gasteiger partial charge in [-0.15, -0.1) is 0 Å². The number of benzene rings is 10. The molecular formula is C61H44N2. The van der Waals surface area contributed by atoms with E-state index in [-0.39, 0.29) is 5.41 Å². The number of rotatable bonds is 7. The Kier molecular flexibility index (Phi) is 8.55. The quantitative estimate of drug-likeness (QED) is 0.156. The van der Waals surface area contributed by atoms with Gasteiger partial charge in [-0.25, -0.2) is 0 Å². The lowest BCUT2D eigenvalue weighted by Gasteiger charge is -2.30. The largest absolute Gasteiger partial charge is 0.310 e. The first kappa shape index (κ1) is 36.9. The zero-order valence-corrected chi connectivity index (χ0v) is 35.3. The minimum atomic E-state index is -0.139. The molecule has 2 heteroatoms. The van der Waals surface area contributed by atoms with Crippen molar-refractivity contribution in [3.8, 4) is 50.2 Å². The molecule has 298 valence electrons. The SMILES string of the molecule is CC1(C)c2ccccc2-c2ccc(N(c3cccc(-n4c5cccc(-c6ccc(-c7ccccc7)cc6)c5c5c6ccccc6ccc54)c3)c3ccccc3-c3ccccc3)cc21. The van der Waals surface area contributed by atoms with E-state index in [4.69, 9.17) is 0 Å². The molecule has 0 N–H and O–H groups in total. The second-order valence-electron chi connectivity index (χ2n) is 17.3. The van der Waals surface area contributed by atoms with Crippen molar-refractivity contribution in [1.82, 2.24) is 4.57 Å². The molecule has 1 aromatic heterocycles. The van der Waals surface area contributed by atoms with Crippen LogP contribution in [0.15, 0.2) is 231 Å². The topological polar surface area (TPSA) is 8.17 Å². The predicted octanol–water partition coefficient (Wildman–Crippen LogP) is 16.7. The average Bonchev–Trinajstić information content (AvgIpc) is 3.81. The Balaban J connectivity index is 1.08. The molecule has 0 amide bonds. The lowest BCUT2D eigenvalue weighted by molar-refractivity contribution is 0.660. The zero-order chi connectivity index (χ0) is 42.1. The number of hydrogen-bond donors (Lipinski definition) is 0. The summed E-state index contributed by atoms with van der Waals surface area (Å²) in [6.07, 6.45) is 0. The van der Waals surface area contributed by atoms with Crippen LogP contribution in [-0.4, -0.2) is 4.57 Å². The Bertz CT molecular complexity index is 3520. The van der Waals surface area contributed by atoms with Crippen LogP contribution >= 0.6 is 0 Å². The van der Waals surface area contributed by atoms with Gasteiger partial charge in [0.15, 0.2) is 0 Å². The lowest BCUT2D eigenvalue weighted by Crippen LogP contribution is -2.17. The Morgan fingerprint density at radius 1 is 0.365 bits per heavy atom. The van der Waals surface area contributed by atoms with E-state index >= 15 is 0 Å². The van der Waals surface area contributed by atoms with Crippen molar-refractivity contribution >= 4 is 49.6 Å². The Morgan fingerprint density at radius 2 is 0.952 bits per heavy atom. The van der Waals surface area contributed by atoms with E-state index in [9.17, 15) is 0 Å². The fourth-order valence-corrected chi connectivity index (χ4v) is 10.4. The molecule has 0 saturated carbocycles. The molecular weight excluding hydrogens is 761 g/mol. The van der Waals surface area contributed by atoms with E-state index in [0.29, 0.717) is 0 Å². The highest BCUT2D eigenvalue weighted by atomic mass is 15.1. The number of aromatic nitrogens is 1. The molecule has 0 atom stereocenters. The highest BCUT2D eigenvalue weighted by molar-refractivity contribution is 6.25. The van der Waals surface area contributed by atoms with Gasteiger partial charge in [-0.3, -0.25) is 0 Å². The molecule has 1 heterocycles. The van der Waals surface area contributed by atoms with E-state index in [1.807, 2.05) is 0 Å². The van der Waals surface area contributed by atoms with Crippen molar-refractivity contribution in [2.24, 2.45) is 0 Å². The highest BCUT2D eigenvalue weighted by Crippen LogP contribution is 2.51. The van der Waals surface area contributed by atoms with Gasteiger partial charge < -0.3 is 9.47 Å². The van der Waals surface area contributed by atoms with E-state index < -0.39 is 0 Å². The highest BCUT2D eigenvalue weighted by Gasteiger charge is 2.36. The van der Waals surface area contributed by atoms with Gasteiger partial charge in [-0.1, -0.05) is 196 Å². The molecule has 10 aromatic carbocycles. The van der Waals surface area contributed by atoms with Crippen LogP contribution in [0.1, 0.15) is 25.0 Å². The number of hydrogen-bond acceptors (Lipinski definition) is 1. The molecule has 0 saturated heterocycles. The fourth-order valence-electron chi connectivity index (χ4n) is 10.4. The maximum atomic E-state index is 2.48. The summed E-state index contributed by atoms with van der Waals surface area (Å²) in [5.74, 6) is 0. The first-order chi connectivity index (χ1) is 31.0. The van der Waals surface area contributed by atoms with Crippen molar-refractivity contribution in [3.63, 3.8) is 0 Å². The Hall–Kier alpha value is -7.94.